The van der Waals surface area contributed by atoms with E-state index in [-0.39, 0.29) is 26.2 Å². The number of esters is 1. The number of carbonyl (C=O) groups excluding carboxylic acids is 1. The average Bonchev–Trinajstić information content (AvgIpc) is 3.14. The number of phosphoric acid groups is 1. The molecule has 0 bridgehead atoms. The van der Waals surface area contributed by atoms with Gasteiger partial charge in [0.1, 0.15) is 19.3 Å². The lowest BCUT2D eigenvalue weighted by molar-refractivity contribution is -0.870. The number of carbonyl (C=O) groups is 1. The molecular formula is C46H82NO8P. The van der Waals surface area contributed by atoms with Gasteiger partial charge in [-0.3, -0.25) is 9.36 Å². The SMILES string of the molecule is CC/C=C\C/C=C\C/C=C\C=C\C(O)C/C=C\C/C=C\CCC(=O)OC(COCCCCCCCCCCCCCCCC)COP(=O)([O-])OCC[N+](C)(C)C. The lowest BCUT2D eigenvalue weighted by atomic mass is 10.0. The molecule has 0 aromatic carbocycles. The molecule has 3 unspecified atom stereocenters. The zero-order valence-corrected chi connectivity index (χ0v) is 37.1. The van der Waals surface area contributed by atoms with Crippen molar-refractivity contribution in [3.05, 3.63) is 72.9 Å². The zero-order chi connectivity index (χ0) is 41.4. The van der Waals surface area contributed by atoms with E-state index in [0.29, 0.717) is 36.9 Å². The maximum Gasteiger partial charge on any atom is 0.306 e. The van der Waals surface area contributed by atoms with Gasteiger partial charge in [-0.2, -0.15) is 0 Å². The van der Waals surface area contributed by atoms with Gasteiger partial charge in [0, 0.05) is 13.0 Å². The van der Waals surface area contributed by atoms with Crippen LogP contribution in [0.2, 0.25) is 0 Å². The van der Waals surface area contributed by atoms with Crippen molar-refractivity contribution < 1.29 is 42.4 Å². The van der Waals surface area contributed by atoms with E-state index in [1.807, 2.05) is 57.6 Å². The third-order valence-corrected chi connectivity index (χ3v) is 9.83. The van der Waals surface area contributed by atoms with Crippen LogP contribution in [-0.4, -0.2) is 81.9 Å². The quantitative estimate of drug-likeness (QED) is 0.0163. The molecule has 0 aromatic heterocycles. The summed E-state index contributed by atoms with van der Waals surface area (Å²) in [5.74, 6) is -0.449. The molecule has 0 heterocycles. The van der Waals surface area contributed by atoms with Gasteiger partial charge in [-0.25, -0.2) is 0 Å². The molecule has 3 atom stereocenters. The van der Waals surface area contributed by atoms with E-state index in [1.54, 1.807) is 6.08 Å². The number of likely N-dealkylation sites (N-methyl/N-ethyl adjacent to an activating group) is 1. The minimum absolute atomic E-state index is 0.00273. The summed E-state index contributed by atoms with van der Waals surface area (Å²) in [7, 11) is 1.26. The van der Waals surface area contributed by atoms with Crippen LogP contribution in [0.1, 0.15) is 149 Å². The van der Waals surface area contributed by atoms with E-state index < -0.39 is 26.0 Å². The zero-order valence-electron chi connectivity index (χ0n) is 36.2. The number of nitrogens with zero attached hydrogens (tertiary/aromatic N) is 1. The number of phosphoric ester groups is 1. The van der Waals surface area contributed by atoms with E-state index >= 15 is 0 Å². The fourth-order valence-corrected chi connectivity index (χ4v) is 6.21. The molecule has 324 valence electrons. The normalized spacial score (nSPS) is 15.1. The fraction of sp³-hybridized carbons (Fsp3) is 0.717. The van der Waals surface area contributed by atoms with Gasteiger partial charge < -0.3 is 33.0 Å². The Labute approximate surface area is 343 Å². The van der Waals surface area contributed by atoms with Crippen molar-refractivity contribution in [2.75, 3.05) is 54.1 Å². The summed E-state index contributed by atoms with van der Waals surface area (Å²) in [6, 6.07) is 0. The van der Waals surface area contributed by atoms with Gasteiger partial charge in [-0.05, 0) is 44.9 Å². The first-order valence-electron chi connectivity index (χ1n) is 21.8. The van der Waals surface area contributed by atoms with Crippen LogP contribution in [0.15, 0.2) is 72.9 Å². The standard InChI is InChI=1S/C46H82NO8P/c1-6-8-10-12-14-16-18-19-20-21-23-27-31-35-40-52-42-45(43-54-56(50,51)53-41-39-47(3,4)5)55-46(49)38-34-30-26-25-29-33-37-44(48)36-32-28-24-22-17-15-13-11-9-7-2/h9,11,15,17,24,26,28-30,32-33,36,44-45,48H,6-8,10,12-14,16,18-23,25,27,31,34-35,37-43H2,1-5H3/b11-9-,17-15-,28-24-,30-26-,33-29-,36-32+. The lowest BCUT2D eigenvalue weighted by Crippen LogP contribution is -2.37. The number of ether oxygens (including phenoxy) is 2. The number of hydrogen-bond acceptors (Lipinski definition) is 8. The summed E-state index contributed by atoms with van der Waals surface area (Å²) < 4.78 is 34.4. The fourth-order valence-electron chi connectivity index (χ4n) is 5.48. The van der Waals surface area contributed by atoms with Crippen molar-refractivity contribution in [1.82, 2.24) is 0 Å². The summed E-state index contributed by atoms with van der Waals surface area (Å²) in [5.41, 5.74) is 0. The van der Waals surface area contributed by atoms with Crippen LogP contribution in [0.4, 0.5) is 0 Å². The third kappa shape index (κ3) is 41.5. The third-order valence-electron chi connectivity index (χ3n) is 8.87. The first kappa shape index (κ1) is 53.9. The Bertz CT molecular complexity index is 1140. The average molecular weight is 808 g/mol. The van der Waals surface area contributed by atoms with Gasteiger partial charge in [0.2, 0.25) is 0 Å². The van der Waals surface area contributed by atoms with E-state index in [0.717, 1.165) is 32.1 Å². The maximum absolute atomic E-state index is 12.6. The molecule has 10 heteroatoms. The molecule has 9 nitrogen and oxygen atoms in total. The summed E-state index contributed by atoms with van der Waals surface area (Å²) in [4.78, 5) is 25.0. The van der Waals surface area contributed by atoms with Crippen LogP contribution < -0.4 is 4.89 Å². The van der Waals surface area contributed by atoms with Crippen molar-refractivity contribution in [2.45, 2.75) is 161 Å². The minimum atomic E-state index is -4.56. The molecule has 1 N–H and O–H groups in total. The molecule has 0 amide bonds. The molecule has 0 spiro atoms. The molecule has 0 radical (unpaired) electrons. The molecule has 0 saturated carbocycles. The molecule has 0 rings (SSSR count). The molecule has 0 aromatic rings. The second kappa shape index (κ2) is 38.4. The topological polar surface area (TPSA) is 114 Å². The molecule has 0 saturated heterocycles. The van der Waals surface area contributed by atoms with Crippen LogP contribution in [-0.2, 0) is 27.9 Å². The van der Waals surface area contributed by atoms with Gasteiger partial charge in [-0.15, -0.1) is 0 Å². The molecule has 0 aliphatic rings. The minimum Gasteiger partial charge on any atom is -0.756 e. The number of hydrogen-bond donors (Lipinski definition) is 1. The monoisotopic (exact) mass is 808 g/mol. The van der Waals surface area contributed by atoms with Crippen molar-refractivity contribution in [3.8, 4) is 0 Å². The highest BCUT2D eigenvalue weighted by Gasteiger charge is 2.20. The van der Waals surface area contributed by atoms with Gasteiger partial charge >= 0.3 is 5.97 Å². The Balaban J connectivity index is 4.46. The highest BCUT2D eigenvalue weighted by atomic mass is 31.2. The Morgan fingerprint density at radius 3 is 1.84 bits per heavy atom. The van der Waals surface area contributed by atoms with E-state index in [4.69, 9.17) is 18.5 Å². The van der Waals surface area contributed by atoms with Gasteiger partial charge in [-0.1, -0.05) is 170 Å². The van der Waals surface area contributed by atoms with Crippen molar-refractivity contribution >= 4 is 13.8 Å². The summed E-state index contributed by atoms with van der Waals surface area (Å²) >= 11 is 0. The first-order chi connectivity index (χ1) is 27.0. The van der Waals surface area contributed by atoms with Crippen molar-refractivity contribution in [2.24, 2.45) is 0 Å². The highest BCUT2D eigenvalue weighted by molar-refractivity contribution is 7.45. The molecule has 56 heavy (non-hydrogen) atoms. The predicted molar refractivity (Wildman–Crippen MR) is 232 cm³/mol. The number of rotatable bonds is 39. The maximum atomic E-state index is 12.6. The van der Waals surface area contributed by atoms with Crippen molar-refractivity contribution in [3.63, 3.8) is 0 Å². The summed E-state index contributed by atoms with van der Waals surface area (Å²) in [6.07, 6.45) is 45.2. The van der Waals surface area contributed by atoms with Crippen LogP contribution >= 0.6 is 7.82 Å². The van der Waals surface area contributed by atoms with E-state index in [9.17, 15) is 19.4 Å². The summed E-state index contributed by atoms with van der Waals surface area (Å²) in [6.45, 7) is 5.08. The van der Waals surface area contributed by atoms with E-state index in [1.165, 1.54) is 77.0 Å². The first-order valence-corrected chi connectivity index (χ1v) is 23.2. The van der Waals surface area contributed by atoms with Crippen LogP contribution in [0.25, 0.3) is 0 Å². The Hall–Kier alpha value is -2.10. The number of allylic oxidation sites excluding steroid dienone is 10. The smallest absolute Gasteiger partial charge is 0.306 e. The Kier molecular flexibility index (Phi) is 37.0. The summed E-state index contributed by atoms with van der Waals surface area (Å²) in [5, 5.41) is 10.1. The largest absolute Gasteiger partial charge is 0.756 e. The predicted octanol–water partition coefficient (Wildman–Crippen LogP) is 11.1. The van der Waals surface area contributed by atoms with Crippen molar-refractivity contribution in [1.29, 1.82) is 0 Å². The number of quaternary nitrogens is 1. The number of aliphatic hydroxyl groups excluding tert-OH is 1. The van der Waals surface area contributed by atoms with E-state index in [2.05, 4.69) is 44.2 Å². The highest BCUT2D eigenvalue weighted by Crippen LogP contribution is 2.38. The second-order valence-electron chi connectivity index (χ2n) is 15.5. The second-order valence-corrected chi connectivity index (χ2v) is 16.9. The molecule has 0 fully saturated rings. The molecule has 0 aliphatic carbocycles. The number of aliphatic hydroxyl groups is 1. The Morgan fingerprint density at radius 2 is 1.23 bits per heavy atom. The Morgan fingerprint density at radius 1 is 0.679 bits per heavy atom. The molecular weight excluding hydrogens is 725 g/mol. The number of unbranched alkanes of at least 4 members (excludes halogenated alkanes) is 13. The van der Waals surface area contributed by atoms with Gasteiger partial charge in [0.25, 0.3) is 7.82 Å². The van der Waals surface area contributed by atoms with Crippen LogP contribution in [0.3, 0.4) is 0 Å². The van der Waals surface area contributed by atoms with Crippen LogP contribution in [0, 0.1) is 0 Å². The van der Waals surface area contributed by atoms with Gasteiger partial charge in [0.05, 0.1) is 40.5 Å². The molecule has 0 aliphatic heterocycles. The van der Waals surface area contributed by atoms with Crippen LogP contribution in [0.5, 0.6) is 0 Å². The van der Waals surface area contributed by atoms with Gasteiger partial charge in [0.15, 0.2) is 0 Å². The lowest BCUT2D eigenvalue weighted by Gasteiger charge is -2.28.